The second-order valence-electron chi connectivity index (χ2n) is 5.31. The minimum Gasteiger partial charge on any atom is -0.497 e. The fourth-order valence-electron chi connectivity index (χ4n) is 1.73. The highest BCUT2D eigenvalue weighted by atomic mass is 32.2. The summed E-state index contributed by atoms with van der Waals surface area (Å²) in [5.41, 5.74) is 0.650. The smallest absolute Gasteiger partial charge is 0.287 e. The molecular weight excluding hydrogens is 336 g/mol. The largest absolute Gasteiger partial charge is 0.497 e. The minimum atomic E-state index is -3.67. The van der Waals surface area contributed by atoms with E-state index in [1.165, 1.54) is 0 Å². The third-order valence-corrected chi connectivity index (χ3v) is 2.80. The predicted molar refractivity (Wildman–Crippen MR) is 91.1 cm³/mol. The van der Waals surface area contributed by atoms with E-state index in [9.17, 15) is 13.2 Å². The lowest BCUT2D eigenvalue weighted by Gasteiger charge is -2.09. The number of hydrogen-bond donors (Lipinski definition) is 2. The number of nitrogens with one attached hydrogen (secondary N) is 1. The van der Waals surface area contributed by atoms with E-state index in [4.69, 9.17) is 13.7 Å². The molecule has 0 atom stereocenters. The summed E-state index contributed by atoms with van der Waals surface area (Å²) in [5, 5.41) is 3.70. The molecule has 8 nitrogen and oxygen atoms in total. The molecule has 1 heterocycles. The maximum atomic E-state index is 11.9. The number of fused-ring (bicyclic) bond motifs is 1. The van der Waals surface area contributed by atoms with E-state index in [0.717, 1.165) is 11.9 Å². The third kappa shape index (κ3) is 7.44. The third-order valence-electron chi connectivity index (χ3n) is 2.80. The predicted octanol–water partition coefficient (Wildman–Crippen LogP) is 1.24. The normalized spacial score (nSPS) is 11.1. The van der Waals surface area contributed by atoms with Crippen LogP contribution in [-0.4, -0.2) is 64.3 Å². The summed E-state index contributed by atoms with van der Waals surface area (Å²) < 4.78 is 36.5. The Labute approximate surface area is 141 Å². The Hall–Kier alpha value is -2.10. The molecule has 0 aliphatic rings. The minimum absolute atomic E-state index is 0.197. The van der Waals surface area contributed by atoms with Gasteiger partial charge in [-0.2, -0.15) is 8.42 Å². The Balaban J connectivity index is 0.000000505. The second-order valence-corrected chi connectivity index (χ2v) is 6.77. The van der Waals surface area contributed by atoms with Crippen molar-refractivity contribution in [3.8, 4) is 5.75 Å². The first-order valence-electron chi connectivity index (χ1n) is 7.03. The van der Waals surface area contributed by atoms with E-state index in [1.54, 1.807) is 19.2 Å². The molecule has 24 heavy (non-hydrogen) atoms. The maximum absolute atomic E-state index is 11.9. The Morgan fingerprint density at radius 2 is 1.96 bits per heavy atom. The zero-order valence-electron chi connectivity index (χ0n) is 14.1. The first-order valence-corrected chi connectivity index (χ1v) is 8.88. The Bertz CT molecular complexity index is 774. The van der Waals surface area contributed by atoms with Crippen LogP contribution in [0.15, 0.2) is 28.7 Å². The molecule has 0 unspecified atom stereocenters. The van der Waals surface area contributed by atoms with Crippen LogP contribution in [0.2, 0.25) is 0 Å². The molecule has 0 fully saturated rings. The summed E-state index contributed by atoms with van der Waals surface area (Å²) in [5.74, 6) is 0.834. The number of nitrogens with zero attached hydrogens (tertiary/aromatic N) is 1. The highest BCUT2D eigenvalue weighted by molar-refractivity contribution is 7.85. The molecule has 2 aromatic rings. The van der Waals surface area contributed by atoms with E-state index in [1.807, 2.05) is 31.1 Å². The lowest BCUT2D eigenvalue weighted by atomic mass is 10.2. The molecule has 2 N–H and O–H groups in total. The van der Waals surface area contributed by atoms with Crippen LogP contribution in [-0.2, 0) is 10.1 Å². The standard InChI is InChI=1S/C14H18N2O3.CH4O3S/c1-16(2)7-6-15-14(17)13-8-10-4-5-11(18-3)9-12(10)19-13;1-5(2,3)4/h4-5,8-9H,6-7H2,1-3H3,(H,15,17);1H3,(H,2,3,4). The van der Waals surface area contributed by atoms with Gasteiger partial charge in [0.2, 0.25) is 0 Å². The molecule has 134 valence electrons. The molecule has 0 radical (unpaired) electrons. The van der Waals surface area contributed by atoms with E-state index in [0.29, 0.717) is 29.9 Å². The highest BCUT2D eigenvalue weighted by Crippen LogP contribution is 2.24. The van der Waals surface area contributed by atoms with Crippen molar-refractivity contribution in [1.82, 2.24) is 10.2 Å². The average molecular weight is 358 g/mol. The zero-order chi connectivity index (χ0) is 18.3. The van der Waals surface area contributed by atoms with Crippen LogP contribution in [0.25, 0.3) is 11.0 Å². The molecular formula is C15H22N2O6S. The molecule has 0 aliphatic carbocycles. The van der Waals surface area contributed by atoms with Crippen molar-refractivity contribution in [2.75, 3.05) is 40.6 Å². The number of hydrogen-bond acceptors (Lipinski definition) is 6. The van der Waals surface area contributed by atoms with E-state index >= 15 is 0 Å². The summed E-state index contributed by atoms with van der Waals surface area (Å²) in [6, 6.07) is 7.21. The number of carbonyl (C=O) groups is 1. The zero-order valence-corrected chi connectivity index (χ0v) is 14.9. The van der Waals surface area contributed by atoms with E-state index in [-0.39, 0.29) is 5.91 Å². The van der Waals surface area contributed by atoms with Crippen molar-refractivity contribution in [2.24, 2.45) is 0 Å². The molecule has 1 aromatic heterocycles. The number of amides is 1. The molecule has 0 spiro atoms. The number of benzene rings is 1. The summed E-state index contributed by atoms with van der Waals surface area (Å²) in [6.45, 7) is 1.38. The fraction of sp³-hybridized carbons (Fsp3) is 0.400. The van der Waals surface area contributed by atoms with Crippen molar-refractivity contribution >= 4 is 27.0 Å². The van der Waals surface area contributed by atoms with Crippen LogP contribution in [0.5, 0.6) is 5.75 Å². The summed E-state index contributed by atoms with van der Waals surface area (Å²) >= 11 is 0. The lowest BCUT2D eigenvalue weighted by Crippen LogP contribution is -2.31. The van der Waals surface area contributed by atoms with Crippen molar-refractivity contribution < 1.29 is 26.9 Å². The van der Waals surface area contributed by atoms with Gasteiger partial charge in [0, 0.05) is 24.5 Å². The Kier molecular flexibility index (Phi) is 7.20. The monoisotopic (exact) mass is 358 g/mol. The van der Waals surface area contributed by atoms with Crippen LogP contribution in [0.1, 0.15) is 10.6 Å². The molecule has 2 rings (SSSR count). The molecule has 0 saturated heterocycles. The summed E-state index contributed by atoms with van der Waals surface area (Å²) in [6.07, 6.45) is 0.715. The van der Waals surface area contributed by atoms with Gasteiger partial charge in [0.1, 0.15) is 11.3 Å². The van der Waals surface area contributed by atoms with Gasteiger partial charge in [-0.15, -0.1) is 0 Å². The molecule has 0 bridgehead atoms. The topological polar surface area (TPSA) is 109 Å². The Morgan fingerprint density at radius 3 is 2.50 bits per heavy atom. The van der Waals surface area contributed by atoms with Gasteiger partial charge < -0.3 is 19.4 Å². The molecule has 0 saturated carbocycles. The van der Waals surface area contributed by atoms with E-state index in [2.05, 4.69) is 5.32 Å². The molecule has 1 amide bonds. The van der Waals surface area contributed by atoms with Crippen LogP contribution in [0.4, 0.5) is 0 Å². The number of furan rings is 1. The summed E-state index contributed by atoms with van der Waals surface area (Å²) in [4.78, 5) is 13.9. The molecule has 9 heteroatoms. The first-order chi connectivity index (χ1) is 11.1. The van der Waals surface area contributed by atoms with Gasteiger partial charge in [0.25, 0.3) is 16.0 Å². The number of rotatable bonds is 5. The van der Waals surface area contributed by atoms with E-state index < -0.39 is 10.1 Å². The van der Waals surface area contributed by atoms with Gasteiger partial charge in [-0.1, -0.05) is 0 Å². The van der Waals surface area contributed by atoms with Gasteiger partial charge in [-0.3, -0.25) is 9.35 Å². The average Bonchev–Trinajstić information content (AvgIpc) is 2.87. The highest BCUT2D eigenvalue weighted by Gasteiger charge is 2.12. The molecule has 1 aromatic carbocycles. The van der Waals surface area contributed by atoms with Gasteiger partial charge in [0.15, 0.2) is 5.76 Å². The maximum Gasteiger partial charge on any atom is 0.287 e. The van der Waals surface area contributed by atoms with Crippen molar-refractivity contribution in [3.63, 3.8) is 0 Å². The van der Waals surface area contributed by atoms with Gasteiger partial charge in [-0.05, 0) is 32.3 Å². The van der Waals surface area contributed by atoms with Gasteiger partial charge in [0.05, 0.1) is 13.4 Å². The SMILES string of the molecule is COc1ccc2cc(C(=O)NCCN(C)C)oc2c1.CS(=O)(=O)O. The number of ether oxygens (including phenoxy) is 1. The van der Waals surface area contributed by atoms with Crippen molar-refractivity contribution in [1.29, 1.82) is 0 Å². The number of methoxy groups -OCH3 is 1. The van der Waals surface area contributed by atoms with Crippen LogP contribution in [0.3, 0.4) is 0 Å². The van der Waals surface area contributed by atoms with Crippen molar-refractivity contribution in [3.05, 3.63) is 30.0 Å². The number of likely N-dealkylation sites (N-methyl/N-ethyl adjacent to an activating group) is 1. The Morgan fingerprint density at radius 1 is 1.33 bits per heavy atom. The molecule has 0 aliphatic heterocycles. The quantitative estimate of drug-likeness (QED) is 0.774. The number of carbonyl (C=O) groups excluding carboxylic acids is 1. The first kappa shape index (κ1) is 19.9. The van der Waals surface area contributed by atoms with Gasteiger partial charge >= 0.3 is 0 Å². The second kappa shape index (κ2) is 8.67. The lowest BCUT2D eigenvalue weighted by molar-refractivity contribution is 0.0925. The van der Waals surface area contributed by atoms with Gasteiger partial charge in [-0.25, -0.2) is 0 Å². The fourth-order valence-corrected chi connectivity index (χ4v) is 1.73. The summed E-state index contributed by atoms with van der Waals surface area (Å²) in [7, 11) is 1.85. The van der Waals surface area contributed by atoms with Crippen LogP contribution in [0, 0.1) is 0 Å². The van der Waals surface area contributed by atoms with Crippen molar-refractivity contribution in [2.45, 2.75) is 0 Å². The van der Waals surface area contributed by atoms with Crippen LogP contribution >= 0.6 is 0 Å². The van der Waals surface area contributed by atoms with Crippen LogP contribution < -0.4 is 10.1 Å².